The standard InChI is InChI=1S/C50H66FN9O10S/c1-32(52-2)47(61)55-44(33-8-6-5-7-9-33)49(63)59-18-20-60(21-19-59)50(64)45-43(36-29-37(51)41(65-4)30-39(36)57(45)3)48(62)54-15-22-66-23-24-67-25-26-68-42-28-35(70-56-42)31-58-16-11-34(12-17-58)69-40-10-14-53-38-13-27-71-46(38)40/h10,13-14,27-30,32-34,44,52H,5-9,11-12,15-26,31H2,1-4H3,(H,54,62)(H,55,61)/t32-,44?/m0/s1. The molecule has 384 valence electrons. The van der Waals surface area contributed by atoms with Gasteiger partial charge in [-0.3, -0.25) is 29.1 Å². The van der Waals surface area contributed by atoms with Crippen LogP contribution in [0, 0.1) is 11.7 Å². The number of fused-ring (bicyclic) bond motifs is 2. The summed E-state index contributed by atoms with van der Waals surface area (Å²) in [5.74, 6) is -0.0438. The van der Waals surface area contributed by atoms with Crippen molar-refractivity contribution in [1.29, 1.82) is 0 Å². The van der Waals surface area contributed by atoms with Gasteiger partial charge in [0.05, 0.1) is 67.4 Å². The number of piperidine rings is 1. The first kappa shape index (κ1) is 51.5. The highest BCUT2D eigenvalue weighted by Gasteiger charge is 2.38. The zero-order valence-electron chi connectivity index (χ0n) is 41.0. The number of carbonyl (C=O) groups excluding carboxylic acids is 4. The number of ether oxygens (including phenoxy) is 5. The van der Waals surface area contributed by atoms with Gasteiger partial charge in [-0.05, 0) is 74.3 Å². The van der Waals surface area contributed by atoms with Crippen molar-refractivity contribution in [2.75, 3.05) is 93.0 Å². The van der Waals surface area contributed by atoms with Crippen molar-refractivity contribution in [1.82, 2.24) is 45.4 Å². The Labute approximate surface area is 416 Å². The third-order valence-electron chi connectivity index (χ3n) is 13.7. The number of amides is 4. The molecule has 2 saturated heterocycles. The lowest BCUT2D eigenvalue weighted by Crippen LogP contribution is -2.59. The molecule has 19 nitrogen and oxygen atoms in total. The molecule has 3 aliphatic rings. The van der Waals surface area contributed by atoms with Gasteiger partial charge in [-0.25, -0.2) is 4.39 Å². The van der Waals surface area contributed by atoms with Crippen molar-refractivity contribution in [2.45, 2.75) is 76.6 Å². The smallest absolute Gasteiger partial charge is 0.271 e. The predicted molar refractivity (Wildman–Crippen MR) is 263 cm³/mol. The number of hydrogen-bond acceptors (Lipinski definition) is 15. The Morgan fingerprint density at radius 1 is 0.901 bits per heavy atom. The Morgan fingerprint density at radius 2 is 1.63 bits per heavy atom. The van der Waals surface area contributed by atoms with E-state index in [2.05, 4.69) is 31.0 Å². The van der Waals surface area contributed by atoms with Crippen molar-refractivity contribution >= 4 is 56.1 Å². The number of rotatable bonds is 22. The zero-order chi connectivity index (χ0) is 49.9. The Morgan fingerprint density at radius 3 is 2.38 bits per heavy atom. The van der Waals surface area contributed by atoms with Crippen LogP contribution in [0.25, 0.3) is 21.1 Å². The predicted octanol–water partition coefficient (Wildman–Crippen LogP) is 4.77. The summed E-state index contributed by atoms with van der Waals surface area (Å²) in [7, 11) is 4.70. The minimum absolute atomic E-state index is 0.0269. The average molecular weight is 1000 g/mol. The number of methoxy groups -OCH3 is 1. The van der Waals surface area contributed by atoms with E-state index in [1.165, 1.54) is 19.2 Å². The number of likely N-dealkylation sites (tertiary alicyclic amines) is 1. The molecule has 8 rings (SSSR count). The van der Waals surface area contributed by atoms with Crippen LogP contribution in [0.2, 0.25) is 0 Å². The summed E-state index contributed by atoms with van der Waals surface area (Å²) in [5, 5.41) is 15.1. The third-order valence-corrected chi connectivity index (χ3v) is 14.6. The molecule has 4 amide bonds. The van der Waals surface area contributed by atoms with Crippen LogP contribution >= 0.6 is 11.3 Å². The number of benzene rings is 1. The van der Waals surface area contributed by atoms with Gasteiger partial charge in [0.2, 0.25) is 11.8 Å². The maximum absolute atomic E-state index is 15.2. The fourth-order valence-electron chi connectivity index (χ4n) is 9.62. The quantitative estimate of drug-likeness (QED) is 0.0801. The molecule has 0 bridgehead atoms. The minimum Gasteiger partial charge on any atom is -0.494 e. The van der Waals surface area contributed by atoms with E-state index in [0.717, 1.165) is 79.8 Å². The lowest BCUT2D eigenvalue weighted by Gasteiger charge is -2.39. The molecule has 2 aliphatic heterocycles. The molecule has 3 N–H and O–H groups in total. The van der Waals surface area contributed by atoms with Crippen LogP contribution in [0.1, 0.15) is 78.5 Å². The van der Waals surface area contributed by atoms with E-state index in [4.69, 9.17) is 28.2 Å². The molecule has 1 saturated carbocycles. The van der Waals surface area contributed by atoms with E-state index in [0.29, 0.717) is 24.5 Å². The largest absolute Gasteiger partial charge is 0.494 e. The first-order valence-electron chi connectivity index (χ1n) is 24.7. The Bertz CT molecular complexity index is 2600. The summed E-state index contributed by atoms with van der Waals surface area (Å²) < 4.78 is 52.1. The number of nitrogens with zero attached hydrogens (tertiary/aromatic N) is 6. The number of carbonyl (C=O) groups is 4. The lowest BCUT2D eigenvalue weighted by molar-refractivity contribution is -0.140. The lowest BCUT2D eigenvalue weighted by atomic mass is 9.83. The number of aromatic nitrogens is 3. The summed E-state index contributed by atoms with van der Waals surface area (Å²) >= 11 is 1.64. The second-order valence-corrected chi connectivity index (χ2v) is 19.2. The number of aryl methyl sites for hydroxylation is 1. The molecule has 1 aliphatic carbocycles. The van der Waals surface area contributed by atoms with E-state index in [1.54, 1.807) is 59.0 Å². The van der Waals surface area contributed by atoms with Crippen molar-refractivity contribution < 1.29 is 51.8 Å². The van der Waals surface area contributed by atoms with Crippen molar-refractivity contribution in [2.24, 2.45) is 13.0 Å². The summed E-state index contributed by atoms with van der Waals surface area (Å²) in [6.07, 6.45) is 8.58. The molecule has 5 aromatic rings. The second-order valence-electron chi connectivity index (χ2n) is 18.3. The van der Waals surface area contributed by atoms with Crippen LogP contribution in [-0.2, 0) is 32.7 Å². The average Bonchev–Trinajstić information content (AvgIpc) is 4.14. The van der Waals surface area contributed by atoms with Crippen LogP contribution in [0.4, 0.5) is 4.39 Å². The molecular formula is C50H66FN9O10S. The van der Waals surface area contributed by atoms with Gasteiger partial charge in [0.1, 0.15) is 30.2 Å². The molecule has 1 unspecified atom stereocenters. The normalized spacial score (nSPS) is 17.1. The van der Waals surface area contributed by atoms with E-state index < -0.39 is 29.7 Å². The molecule has 21 heteroatoms. The van der Waals surface area contributed by atoms with Gasteiger partial charge in [0.15, 0.2) is 17.3 Å². The van der Waals surface area contributed by atoms with Crippen LogP contribution in [0.15, 0.2) is 46.4 Å². The van der Waals surface area contributed by atoms with Gasteiger partial charge in [-0.2, -0.15) is 0 Å². The topological polar surface area (TPSA) is 204 Å². The fourth-order valence-corrected chi connectivity index (χ4v) is 10.4. The van der Waals surface area contributed by atoms with E-state index in [1.807, 2.05) is 17.5 Å². The molecule has 0 radical (unpaired) electrons. The zero-order valence-corrected chi connectivity index (χ0v) is 41.9. The SMILES string of the molecule is CN[C@@H](C)C(=O)NC(C(=O)N1CCN(C(=O)c2c(C(=O)NCCOCCOCCOc3cc(CN4CCC(Oc5ccnc6ccsc56)CC4)on3)c3cc(F)c(OC)cc3n2C)CC1)C1CCCCC1. The van der Waals surface area contributed by atoms with Crippen molar-refractivity contribution in [3.63, 3.8) is 0 Å². The summed E-state index contributed by atoms with van der Waals surface area (Å²) in [6, 6.07) is 7.30. The first-order chi connectivity index (χ1) is 34.5. The third kappa shape index (κ3) is 12.6. The van der Waals surface area contributed by atoms with Crippen molar-refractivity contribution in [3.8, 4) is 17.4 Å². The number of hydrogen-bond donors (Lipinski definition) is 3. The molecule has 0 spiro atoms. The fraction of sp³-hybridized carbons (Fsp3) is 0.560. The Kier molecular flexibility index (Phi) is 17.8. The molecule has 2 atom stereocenters. The van der Waals surface area contributed by atoms with Crippen molar-refractivity contribution in [3.05, 3.63) is 64.7 Å². The van der Waals surface area contributed by atoms with E-state index in [-0.39, 0.29) is 105 Å². The highest BCUT2D eigenvalue weighted by molar-refractivity contribution is 7.17. The van der Waals surface area contributed by atoms with Gasteiger partial charge < -0.3 is 58.5 Å². The van der Waals surface area contributed by atoms with Crippen LogP contribution in [0.5, 0.6) is 17.4 Å². The summed E-state index contributed by atoms with van der Waals surface area (Å²) in [4.78, 5) is 65.3. The number of halogens is 1. The van der Waals surface area contributed by atoms with Crippen LogP contribution in [-0.4, -0.2) is 164 Å². The van der Waals surface area contributed by atoms with E-state index in [9.17, 15) is 19.2 Å². The first-order valence-corrected chi connectivity index (χ1v) is 25.6. The number of pyridine rings is 1. The summed E-state index contributed by atoms with van der Waals surface area (Å²) in [5.41, 5.74) is 1.51. The van der Waals surface area contributed by atoms with E-state index >= 15 is 4.39 Å². The maximum Gasteiger partial charge on any atom is 0.271 e. The Hall–Kier alpha value is -5.87. The minimum atomic E-state index is -0.676. The van der Waals surface area contributed by atoms with Gasteiger partial charge in [0.25, 0.3) is 17.7 Å². The van der Waals surface area contributed by atoms with Gasteiger partial charge in [-0.15, -0.1) is 11.3 Å². The molecular weight excluding hydrogens is 938 g/mol. The Balaban J connectivity index is 0.761. The van der Waals surface area contributed by atoms with Crippen LogP contribution in [0.3, 0.4) is 0 Å². The highest BCUT2D eigenvalue weighted by atomic mass is 32.1. The monoisotopic (exact) mass is 1000 g/mol. The number of thiophene rings is 1. The van der Waals surface area contributed by atoms with Crippen LogP contribution < -0.4 is 30.2 Å². The maximum atomic E-state index is 15.2. The highest BCUT2D eigenvalue weighted by Crippen LogP contribution is 2.34. The number of likely N-dealkylation sites (N-methyl/N-ethyl adjacent to an activating group) is 1. The molecule has 6 heterocycles. The molecule has 71 heavy (non-hydrogen) atoms. The molecule has 1 aromatic carbocycles. The number of piperazine rings is 1. The summed E-state index contributed by atoms with van der Waals surface area (Å²) in [6.45, 7) is 6.41. The molecule has 3 fully saturated rings. The number of nitrogens with one attached hydrogen (secondary N) is 3. The second kappa shape index (κ2) is 24.5. The molecule has 4 aromatic heterocycles. The van der Waals surface area contributed by atoms with Gasteiger partial charge >= 0.3 is 0 Å². The van der Waals surface area contributed by atoms with Gasteiger partial charge in [-0.1, -0.05) is 19.3 Å². The van der Waals surface area contributed by atoms with Gasteiger partial charge in [0, 0.05) is 76.6 Å².